The van der Waals surface area contributed by atoms with Crippen LogP contribution in [0.1, 0.15) is 11.1 Å². The highest BCUT2D eigenvalue weighted by Gasteiger charge is 2.03. The molecule has 0 fully saturated rings. The van der Waals surface area contributed by atoms with E-state index in [-0.39, 0.29) is 0 Å². The Morgan fingerprint density at radius 3 is 1.67 bits per heavy atom. The second kappa shape index (κ2) is 6.23. The lowest BCUT2D eigenvalue weighted by Crippen LogP contribution is -2.06. The summed E-state index contributed by atoms with van der Waals surface area (Å²) in [6, 6.07) is 8.17. The zero-order chi connectivity index (χ0) is 12.8. The molecule has 0 spiro atoms. The van der Waals surface area contributed by atoms with E-state index >= 15 is 0 Å². The van der Waals surface area contributed by atoms with Crippen molar-refractivity contribution in [2.45, 2.75) is 13.1 Å². The molecule has 0 unspecified atom stereocenters. The summed E-state index contributed by atoms with van der Waals surface area (Å²) in [7, 11) is 3.87. The molecule has 0 atom stereocenters. The van der Waals surface area contributed by atoms with Crippen LogP contribution in [0.4, 0.5) is 0 Å². The molecule has 0 saturated carbocycles. The highest BCUT2D eigenvalue weighted by molar-refractivity contribution is 5.55. The van der Waals surface area contributed by atoms with Gasteiger partial charge in [0.05, 0.1) is 11.4 Å². The lowest BCUT2D eigenvalue weighted by atomic mass is 10.1. The van der Waals surface area contributed by atoms with Crippen LogP contribution in [0.25, 0.3) is 11.4 Å². The molecule has 2 aromatic heterocycles. The summed E-state index contributed by atoms with van der Waals surface area (Å²) in [6.07, 6.45) is 3.66. The summed E-state index contributed by atoms with van der Waals surface area (Å²) in [5.74, 6) is 0. The minimum absolute atomic E-state index is 0.839. The van der Waals surface area contributed by atoms with E-state index in [1.54, 1.807) is 0 Å². The predicted molar refractivity (Wildman–Crippen MR) is 73.0 cm³/mol. The van der Waals surface area contributed by atoms with Crippen LogP contribution in [-0.4, -0.2) is 24.1 Å². The summed E-state index contributed by atoms with van der Waals surface area (Å²) >= 11 is 0. The Morgan fingerprint density at radius 2 is 1.28 bits per heavy atom. The molecular weight excluding hydrogens is 224 g/mol. The smallest absolute Gasteiger partial charge is 0.0889 e. The summed E-state index contributed by atoms with van der Waals surface area (Å²) in [5.41, 5.74) is 4.26. The third-order valence-electron chi connectivity index (χ3n) is 2.67. The van der Waals surface area contributed by atoms with Gasteiger partial charge in [-0.15, -0.1) is 0 Å². The third-order valence-corrected chi connectivity index (χ3v) is 2.67. The SMILES string of the molecule is CNCc1ccnc(-c2cc(CNC)ccn2)c1. The van der Waals surface area contributed by atoms with Gasteiger partial charge in [0, 0.05) is 25.5 Å². The van der Waals surface area contributed by atoms with Crippen LogP contribution in [0.3, 0.4) is 0 Å². The van der Waals surface area contributed by atoms with Gasteiger partial charge in [0.1, 0.15) is 0 Å². The van der Waals surface area contributed by atoms with Gasteiger partial charge in [-0.3, -0.25) is 9.97 Å². The normalized spacial score (nSPS) is 10.6. The van der Waals surface area contributed by atoms with E-state index in [1.165, 1.54) is 11.1 Å². The molecule has 0 aromatic carbocycles. The van der Waals surface area contributed by atoms with Crippen LogP contribution >= 0.6 is 0 Å². The molecule has 18 heavy (non-hydrogen) atoms. The quantitative estimate of drug-likeness (QED) is 0.836. The second-order valence-electron chi connectivity index (χ2n) is 4.16. The Hall–Kier alpha value is -1.78. The molecule has 0 radical (unpaired) electrons. The van der Waals surface area contributed by atoms with Crippen molar-refractivity contribution in [2.75, 3.05) is 14.1 Å². The highest BCUT2D eigenvalue weighted by atomic mass is 14.8. The van der Waals surface area contributed by atoms with Gasteiger partial charge in [0.15, 0.2) is 0 Å². The van der Waals surface area contributed by atoms with Crippen molar-refractivity contribution in [3.63, 3.8) is 0 Å². The molecule has 4 heteroatoms. The molecule has 0 bridgehead atoms. The Bertz CT molecular complexity index is 463. The molecule has 4 nitrogen and oxygen atoms in total. The van der Waals surface area contributed by atoms with E-state index in [4.69, 9.17) is 0 Å². The number of aromatic nitrogens is 2. The summed E-state index contributed by atoms with van der Waals surface area (Å²) in [6.45, 7) is 1.68. The van der Waals surface area contributed by atoms with E-state index in [2.05, 4.69) is 32.7 Å². The average Bonchev–Trinajstić information content (AvgIpc) is 2.40. The molecular formula is C14H18N4. The number of nitrogens with one attached hydrogen (secondary N) is 2. The number of nitrogens with zero attached hydrogens (tertiary/aromatic N) is 2. The van der Waals surface area contributed by atoms with Crippen molar-refractivity contribution in [3.05, 3.63) is 47.8 Å². The fraction of sp³-hybridized carbons (Fsp3) is 0.286. The summed E-state index contributed by atoms with van der Waals surface area (Å²) in [4.78, 5) is 8.76. The first kappa shape index (κ1) is 12.7. The molecule has 2 N–H and O–H groups in total. The van der Waals surface area contributed by atoms with Crippen LogP contribution < -0.4 is 10.6 Å². The van der Waals surface area contributed by atoms with Crippen LogP contribution in [0.5, 0.6) is 0 Å². The van der Waals surface area contributed by atoms with E-state index < -0.39 is 0 Å². The lowest BCUT2D eigenvalue weighted by Gasteiger charge is -2.05. The monoisotopic (exact) mass is 242 g/mol. The Morgan fingerprint density at radius 1 is 0.833 bits per heavy atom. The minimum atomic E-state index is 0.839. The summed E-state index contributed by atoms with van der Waals surface area (Å²) < 4.78 is 0. The molecule has 0 amide bonds. The number of hydrogen-bond donors (Lipinski definition) is 2. The maximum atomic E-state index is 4.38. The number of hydrogen-bond acceptors (Lipinski definition) is 4. The molecule has 0 aliphatic heterocycles. The van der Waals surface area contributed by atoms with Gasteiger partial charge in [-0.25, -0.2) is 0 Å². The first-order valence-electron chi connectivity index (χ1n) is 6.03. The fourth-order valence-electron chi connectivity index (χ4n) is 1.86. The second-order valence-corrected chi connectivity index (χ2v) is 4.16. The van der Waals surface area contributed by atoms with E-state index in [0.717, 1.165) is 24.5 Å². The maximum Gasteiger partial charge on any atom is 0.0889 e. The molecule has 94 valence electrons. The summed E-state index contributed by atoms with van der Waals surface area (Å²) in [5, 5.41) is 6.27. The predicted octanol–water partition coefficient (Wildman–Crippen LogP) is 1.58. The average molecular weight is 242 g/mol. The fourth-order valence-corrected chi connectivity index (χ4v) is 1.86. The number of rotatable bonds is 5. The van der Waals surface area contributed by atoms with E-state index in [1.807, 2.05) is 38.6 Å². The Kier molecular flexibility index (Phi) is 4.39. The first-order chi connectivity index (χ1) is 8.83. The molecule has 0 aliphatic rings. The maximum absolute atomic E-state index is 4.38. The van der Waals surface area contributed by atoms with Crippen molar-refractivity contribution in [1.82, 2.24) is 20.6 Å². The Balaban J connectivity index is 2.29. The van der Waals surface area contributed by atoms with Crippen LogP contribution in [0, 0.1) is 0 Å². The molecule has 2 rings (SSSR count). The van der Waals surface area contributed by atoms with Gasteiger partial charge in [0.2, 0.25) is 0 Å². The van der Waals surface area contributed by atoms with Gasteiger partial charge < -0.3 is 10.6 Å². The van der Waals surface area contributed by atoms with Crippen molar-refractivity contribution in [3.8, 4) is 11.4 Å². The molecule has 2 heterocycles. The molecule has 0 saturated heterocycles. The standard InChI is InChI=1S/C14H18N4/c1-15-9-11-3-5-17-13(7-11)14-8-12(10-16-2)4-6-18-14/h3-8,15-16H,9-10H2,1-2H3. The van der Waals surface area contributed by atoms with Crippen LogP contribution in [0.2, 0.25) is 0 Å². The zero-order valence-electron chi connectivity index (χ0n) is 10.8. The minimum Gasteiger partial charge on any atom is -0.316 e. The van der Waals surface area contributed by atoms with Crippen molar-refractivity contribution >= 4 is 0 Å². The van der Waals surface area contributed by atoms with Gasteiger partial charge in [-0.1, -0.05) is 0 Å². The van der Waals surface area contributed by atoms with Crippen molar-refractivity contribution in [1.29, 1.82) is 0 Å². The van der Waals surface area contributed by atoms with Gasteiger partial charge in [-0.2, -0.15) is 0 Å². The van der Waals surface area contributed by atoms with Gasteiger partial charge >= 0.3 is 0 Å². The number of pyridine rings is 2. The molecule has 0 aliphatic carbocycles. The van der Waals surface area contributed by atoms with Crippen LogP contribution in [0.15, 0.2) is 36.7 Å². The lowest BCUT2D eigenvalue weighted by molar-refractivity contribution is 0.814. The topological polar surface area (TPSA) is 49.8 Å². The van der Waals surface area contributed by atoms with E-state index in [0.29, 0.717) is 0 Å². The van der Waals surface area contributed by atoms with Gasteiger partial charge in [0.25, 0.3) is 0 Å². The van der Waals surface area contributed by atoms with Crippen molar-refractivity contribution in [2.24, 2.45) is 0 Å². The zero-order valence-corrected chi connectivity index (χ0v) is 10.8. The van der Waals surface area contributed by atoms with Gasteiger partial charge in [-0.05, 0) is 49.5 Å². The van der Waals surface area contributed by atoms with Crippen LogP contribution in [-0.2, 0) is 13.1 Å². The third kappa shape index (κ3) is 3.12. The largest absolute Gasteiger partial charge is 0.316 e. The van der Waals surface area contributed by atoms with Crippen molar-refractivity contribution < 1.29 is 0 Å². The molecule has 2 aromatic rings. The van der Waals surface area contributed by atoms with E-state index in [9.17, 15) is 0 Å². The first-order valence-corrected chi connectivity index (χ1v) is 6.03. The highest BCUT2D eigenvalue weighted by Crippen LogP contribution is 2.16. The Labute approximate surface area is 107 Å².